The summed E-state index contributed by atoms with van der Waals surface area (Å²) in [6, 6.07) is 7.78. The molecule has 0 bridgehead atoms. The van der Waals surface area contributed by atoms with Crippen LogP contribution in [0.5, 0.6) is 0 Å². The molecule has 1 N–H and O–H groups in total. The number of hydrogen-bond donors (Lipinski definition) is 1. The van der Waals surface area contributed by atoms with E-state index in [1.165, 1.54) is 23.1 Å². The molecule has 6 nitrogen and oxygen atoms in total. The molecule has 0 saturated heterocycles. The van der Waals surface area contributed by atoms with E-state index < -0.39 is 26.6 Å². The number of hydrogen-bond acceptors (Lipinski definition) is 4. The van der Waals surface area contributed by atoms with Crippen LogP contribution in [0.3, 0.4) is 0 Å². The smallest absolute Gasteiger partial charge is 0.246 e. The fourth-order valence-corrected chi connectivity index (χ4v) is 3.07. The first-order valence-electron chi connectivity index (χ1n) is 6.95. The fraction of sp³-hybridized carbons (Fsp3) is 0.0667. The summed E-state index contributed by atoms with van der Waals surface area (Å²) in [4.78, 5) is 3.06. The van der Waals surface area contributed by atoms with Gasteiger partial charge in [-0.05, 0) is 29.8 Å². The predicted octanol–water partition coefficient (Wildman–Crippen LogP) is 2.54. The van der Waals surface area contributed by atoms with Crippen LogP contribution in [-0.2, 0) is 16.6 Å². The number of anilines is 1. The van der Waals surface area contributed by atoms with Gasteiger partial charge in [0.15, 0.2) is 0 Å². The number of halogens is 3. The number of rotatable bonds is 5. The SMILES string of the molecule is O=S(=O)(Nc1ncn(Cc2ccc(F)cc2)n1)c1ccc(F)cc1F. The van der Waals surface area contributed by atoms with Crippen molar-refractivity contribution in [2.45, 2.75) is 11.4 Å². The molecule has 2 aromatic carbocycles. The van der Waals surface area contributed by atoms with Crippen molar-refractivity contribution in [3.63, 3.8) is 0 Å². The second-order valence-corrected chi connectivity index (χ2v) is 6.72. The lowest BCUT2D eigenvalue weighted by molar-refractivity contribution is 0.551. The quantitative estimate of drug-likeness (QED) is 0.751. The number of benzene rings is 2. The Labute approximate surface area is 141 Å². The first-order valence-corrected chi connectivity index (χ1v) is 8.43. The van der Waals surface area contributed by atoms with Crippen molar-refractivity contribution in [2.24, 2.45) is 0 Å². The van der Waals surface area contributed by atoms with Gasteiger partial charge in [-0.15, -0.1) is 5.10 Å². The van der Waals surface area contributed by atoms with Gasteiger partial charge < -0.3 is 0 Å². The van der Waals surface area contributed by atoms with Crippen molar-refractivity contribution in [2.75, 3.05) is 4.72 Å². The van der Waals surface area contributed by atoms with Crippen LogP contribution in [-0.4, -0.2) is 23.2 Å². The topological polar surface area (TPSA) is 76.9 Å². The Balaban J connectivity index is 1.77. The Hall–Kier alpha value is -2.88. The van der Waals surface area contributed by atoms with Gasteiger partial charge in [0.25, 0.3) is 16.0 Å². The molecule has 0 radical (unpaired) electrons. The van der Waals surface area contributed by atoms with Crippen LogP contribution in [0.1, 0.15) is 5.56 Å². The number of nitrogens with zero attached hydrogens (tertiary/aromatic N) is 3. The lowest BCUT2D eigenvalue weighted by Gasteiger charge is -2.05. The van der Waals surface area contributed by atoms with Crippen molar-refractivity contribution in [1.82, 2.24) is 14.8 Å². The molecule has 10 heteroatoms. The van der Waals surface area contributed by atoms with Gasteiger partial charge >= 0.3 is 0 Å². The molecule has 3 aromatic rings. The standard InChI is InChI=1S/C15H11F3N4O2S/c16-11-3-1-10(2-4-11)8-22-9-19-15(20-22)21-25(23,24)14-6-5-12(17)7-13(14)18/h1-7,9H,8H2,(H,20,21). The molecule has 0 unspecified atom stereocenters. The molecule has 0 aliphatic rings. The molecule has 0 atom stereocenters. The maximum atomic E-state index is 13.6. The molecule has 0 spiro atoms. The van der Waals surface area contributed by atoms with Gasteiger partial charge in [-0.3, -0.25) is 0 Å². The number of sulfonamides is 1. The third kappa shape index (κ3) is 3.97. The molecule has 130 valence electrons. The van der Waals surface area contributed by atoms with E-state index in [-0.39, 0.29) is 18.3 Å². The first kappa shape index (κ1) is 17.0. The highest BCUT2D eigenvalue weighted by Crippen LogP contribution is 2.18. The second kappa shape index (κ2) is 6.55. The lowest BCUT2D eigenvalue weighted by Crippen LogP contribution is -2.16. The van der Waals surface area contributed by atoms with Crippen molar-refractivity contribution in [1.29, 1.82) is 0 Å². The van der Waals surface area contributed by atoms with E-state index in [0.717, 1.165) is 17.7 Å². The van der Waals surface area contributed by atoms with Crippen LogP contribution in [0.25, 0.3) is 0 Å². The minimum absolute atomic E-state index is 0.236. The van der Waals surface area contributed by atoms with Crippen molar-refractivity contribution in [3.8, 4) is 0 Å². The monoisotopic (exact) mass is 368 g/mol. The molecule has 1 aromatic heterocycles. The zero-order chi connectivity index (χ0) is 18.0. The average molecular weight is 368 g/mol. The van der Waals surface area contributed by atoms with Crippen molar-refractivity contribution < 1.29 is 21.6 Å². The predicted molar refractivity (Wildman–Crippen MR) is 82.7 cm³/mol. The van der Waals surface area contributed by atoms with E-state index in [1.54, 1.807) is 12.1 Å². The van der Waals surface area contributed by atoms with Crippen LogP contribution in [0.2, 0.25) is 0 Å². The van der Waals surface area contributed by atoms with E-state index in [1.807, 2.05) is 4.72 Å². The molecule has 0 aliphatic carbocycles. The summed E-state index contributed by atoms with van der Waals surface area (Å²) in [7, 11) is -4.31. The summed E-state index contributed by atoms with van der Waals surface area (Å²) in [5.41, 5.74) is 0.727. The molecular weight excluding hydrogens is 357 g/mol. The molecular formula is C15H11F3N4O2S. The normalized spacial score (nSPS) is 11.5. The Morgan fingerprint density at radius 1 is 1.00 bits per heavy atom. The van der Waals surface area contributed by atoms with Gasteiger partial charge in [0, 0.05) is 6.07 Å². The Kier molecular flexibility index (Phi) is 4.45. The van der Waals surface area contributed by atoms with Crippen LogP contribution < -0.4 is 4.72 Å². The van der Waals surface area contributed by atoms with Gasteiger partial charge in [-0.2, -0.15) is 4.98 Å². The minimum Gasteiger partial charge on any atom is -0.246 e. The summed E-state index contributed by atoms with van der Waals surface area (Å²) in [5, 5.41) is 3.91. The summed E-state index contributed by atoms with van der Waals surface area (Å²) >= 11 is 0. The van der Waals surface area contributed by atoms with Gasteiger partial charge in [0.1, 0.15) is 28.7 Å². The molecule has 0 amide bonds. The third-order valence-corrected chi connectivity index (χ3v) is 4.56. The zero-order valence-electron chi connectivity index (χ0n) is 12.5. The van der Waals surface area contributed by atoms with Crippen LogP contribution in [0, 0.1) is 17.5 Å². The van der Waals surface area contributed by atoms with E-state index in [4.69, 9.17) is 0 Å². The lowest BCUT2D eigenvalue weighted by atomic mass is 10.2. The average Bonchev–Trinajstić information content (AvgIpc) is 2.95. The van der Waals surface area contributed by atoms with Crippen molar-refractivity contribution >= 4 is 16.0 Å². The summed E-state index contributed by atoms with van der Waals surface area (Å²) in [6.45, 7) is 0.236. The highest BCUT2D eigenvalue weighted by Gasteiger charge is 2.21. The second-order valence-electron chi connectivity index (χ2n) is 5.07. The summed E-state index contributed by atoms with van der Waals surface area (Å²) in [5.74, 6) is -2.76. The largest absolute Gasteiger partial charge is 0.267 e. The highest BCUT2D eigenvalue weighted by atomic mass is 32.2. The van der Waals surface area contributed by atoms with Gasteiger partial charge in [0.05, 0.1) is 6.54 Å². The highest BCUT2D eigenvalue weighted by molar-refractivity contribution is 7.92. The van der Waals surface area contributed by atoms with Crippen LogP contribution in [0.4, 0.5) is 19.1 Å². The van der Waals surface area contributed by atoms with E-state index in [0.29, 0.717) is 6.07 Å². The summed E-state index contributed by atoms with van der Waals surface area (Å²) in [6.07, 6.45) is 1.27. The van der Waals surface area contributed by atoms with E-state index in [9.17, 15) is 21.6 Å². The molecule has 25 heavy (non-hydrogen) atoms. The Morgan fingerprint density at radius 2 is 1.68 bits per heavy atom. The van der Waals surface area contributed by atoms with Gasteiger partial charge in [-0.25, -0.2) is 31.0 Å². The molecule has 0 saturated carbocycles. The summed E-state index contributed by atoms with van der Waals surface area (Å²) < 4.78 is 67.0. The maximum Gasteiger partial charge on any atom is 0.267 e. The molecule has 1 heterocycles. The molecule has 0 fully saturated rings. The Morgan fingerprint density at radius 3 is 2.36 bits per heavy atom. The number of aromatic nitrogens is 3. The maximum absolute atomic E-state index is 13.6. The fourth-order valence-electron chi connectivity index (χ4n) is 2.06. The molecule has 0 aliphatic heterocycles. The van der Waals surface area contributed by atoms with Gasteiger partial charge in [0.2, 0.25) is 0 Å². The minimum atomic E-state index is -4.31. The zero-order valence-corrected chi connectivity index (χ0v) is 13.3. The van der Waals surface area contributed by atoms with E-state index >= 15 is 0 Å². The number of nitrogens with one attached hydrogen (secondary N) is 1. The van der Waals surface area contributed by atoms with Crippen molar-refractivity contribution in [3.05, 3.63) is 71.8 Å². The first-order chi connectivity index (χ1) is 11.8. The molecule has 3 rings (SSSR count). The van der Waals surface area contributed by atoms with Crippen LogP contribution >= 0.6 is 0 Å². The van der Waals surface area contributed by atoms with Gasteiger partial charge in [-0.1, -0.05) is 12.1 Å². The van der Waals surface area contributed by atoms with E-state index in [2.05, 4.69) is 10.1 Å². The van der Waals surface area contributed by atoms with Crippen LogP contribution in [0.15, 0.2) is 53.7 Å². The third-order valence-electron chi connectivity index (χ3n) is 3.20. The Bertz CT molecular complexity index is 1000.